The summed E-state index contributed by atoms with van der Waals surface area (Å²) in [6, 6.07) is 5.13. The largest absolute Gasteiger partial charge is 0.395 e. The second-order valence-corrected chi connectivity index (χ2v) is 9.52. The summed E-state index contributed by atoms with van der Waals surface area (Å²) >= 11 is 6.39. The van der Waals surface area contributed by atoms with Crippen LogP contribution >= 0.6 is 11.6 Å². The number of halogens is 4. The second kappa shape index (κ2) is 7.23. The molecule has 0 aromatic heterocycles. The number of nitrogens with two attached hydrogens (primary N) is 1. The quantitative estimate of drug-likeness (QED) is 0.734. The maximum atomic E-state index is 14.9. The van der Waals surface area contributed by atoms with Gasteiger partial charge in [0.1, 0.15) is 11.7 Å². The highest BCUT2D eigenvalue weighted by Gasteiger charge is 2.49. The molecule has 0 amide bonds. The highest BCUT2D eigenvalue weighted by molar-refractivity contribution is 7.89. The van der Waals surface area contributed by atoms with Crippen LogP contribution in [0.1, 0.15) is 17.5 Å². The third kappa shape index (κ3) is 3.37. The van der Waals surface area contributed by atoms with Gasteiger partial charge in [0, 0.05) is 23.1 Å². The van der Waals surface area contributed by atoms with Crippen LogP contribution in [0.3, 0.4) is 0 Å². The molecule has 2 heterocycles. The molecule has 0 spiro atoms. The first-order valence-electron chi connectivity index (χ1n) is 8.97. The lowest BCUT2D eigenvalue weighted by molar-refractivity contribution is 0.0161. The molecule has 0 bridgehead atoms. The van der Waals surface area contributed by atoms with Crippen molar-refractivity contribution in [1.82, 2.24) is 4.31 Å². The summed E-state index contributed by atoms with van der Waals surface area (Å²) in [5, 5.41) is 9.50. The number of amidine groups is 1. The molecule has 30 heavy (non-hydrogen) atoms. The van der Waals surface area contributed by atoms with Crippen LogP contribution in [0.2, 0.25) is 5.02 Å². The predicted octanol–water partition coefficient (Wildman–Crippen LogP) is 2.76. The summed E-state index contributed by atoms with van der Waals surface area (Å²) < 4.78 is 68.5. The van der Waals surface area contributed by atoms with Crippen molar-refractivity contribution in [3.8, 4) is 11.1 Å². The lowest BCUT2D eigenvalue weighted by atomic mass is 9.99. The SMILES string of the molecule is NC1=NCc2ccc(-c3ccc(S(=O)(=O)N4CC(F)(F)C[C@H]4CO)cc3F)c(Cl)c21. The number of aliphatic imine (C=N–C) groups is 1. The number of hydrogen-bond acceptors (Lipinski definition) is 5. The van der Waals surface area contributed by atoms with E-state index in [1.807, 2.05) is 0 Å². The van der Waals surface area contributed by atoms with Crippen molar-refractivity contribution < 1.29 is 26.7 Å². The van der Waals surface area contributed by atoms with Gasteiger partial charge in [-0.15, -0.1) is 0 Å². The van der Waals surface area contributed by atoms with Crippen LogP contribution in [0.25, 0.3) is 11.1 Å². The highest BCUT2D eigenvalue weighted by atomic mass is 35.5. The molecule has 2 aliphatic heterocycles. The van der Waals surface area contributed by atoms with Crippen LogP contribution in [-0.2, 0) is 16.6 Å². The Morgan fingerprint density at radius 2 is 1.97 bits per heavy atom. The van der Waals surface area contributed by atoms with Gasteiger partial charge in [-0.25, -0.2) is 21.6 Å². The first kappa shape index (κ1) is 21.1. The smallest absolute Gasteiger partial charge is 0.263 e. The zero-order chi connectivity index (χ0) is 21.8. The Kier molecular flexibility index (Phi) is 5.08. The van der Waals surface area contributed by atoms with Crippen LogP contribution < -0.4 is 5.73 Å². The van der Waals surface area contributed by atoms with E-state index in [1.165, 1.54) is 6.07 Å². The topological polar surface area (TPSA) is 96.0 Å². The van der Waals surface area contributed by atoms with Crippen molar-refractivity contribution in [3.05, 3.63) is 52.3 Å². The Morgan fingerprint density at radius 3 is 2.63 bits per heavy atom. The maximum Gasteiger partial charge on any atom is 0.263 e. The van der Waals surface area contributed by atoms with Gasteiger partial charge in [0.2, 0.25) is 10.0 Å². The van der Waals surface area contributed by atoms with Crippen molar-refractivity contribution in [1.29, 1.82) is 0 Å². The molecule has 1 atom stereocenters. The zero-order valence-corrected chi connectivity index (χ0v) is 17.0. The number of sulfonamides is 1. The first-order valence-corrected chi connectivity index (χ1v) is 10.8. The van der Waals surface area contributed by atoms with Gasteiger partial charge in [0.05, 0.1) is 35.7 Å². The summed E-state index contributed by atoms with van der Waals surface area (Å²) in [6.45, 7) is -1.46. The van der Waals surface area contributed by atoms with Crippen LogP contribution in [0, 0.1) is 5.82 Å². The minimum atomic E-state index is -4.44. The monoisotopic (exact) mass is 459 g/mol. The molecule has 0 radical (unpaired) electrons. The van der Waals surface area contributed by atoms with Gasteiger partial charge in [-0.2, -0.15) is 4.31 Å². The van der Waals surface area contributed by atoms with E-state index in [0.29, 0.717) is 22.0 Å². The van der Waals surface area contributed by atoms with Crippen molar-refractivity contribution in [2.75, 3.05) is 13.2 Å². The average molecular weight is 460 g/mol. The van der Waals surface area contributed by atoms with Crippen LogP contribution in [0.5, 0.6) is 0 Å². The Balaban J connectivity index is 1.73. The normalized spacial score (nSPS) is 21.0. The van der Waals surface area contributed by atoms with Crippen molar-refractivity contribution in [2.45, 2.75) is 29.8 Å². The lowest BCUT2D eigenvalue weighted by Crippen LogP contribution is -2.38. The fraction of sp³-hybridized carbons (Fsp3) is 0.316. The molecule has 160 valence electrons. The molecule has 0 unspecified atom stereocenters. The Bertz CT molecular complexity index is 1170. The third-order valence-electron chi connectivity index (χ3n) is 5.28. The average Bonchev–Trinajstić information content (AvgIpc) is 3.22. The molecule has 1 fully saturated rings. The molecular formula is C19H17ClF3N3O3S. The summed E-state index contributed by atoms with van der Waals surface area (Å²) in [5.74, 6) is -3.92. The van der Waals surface area contributed by atoms with Gasteiger partial charge in [-0.05, 0) is 17.7 Å². The number of aliphatic hydroxyl groups is 1. The number of alkyl halides is 2. The molecule has 1 saturated heterocycles. The molecule has 3 N–H and O–H groups in total. The number of benzene rings is 2. The Morgan fingerprint density at radius 1 is 1.27 bits per heavy atom. The van der Waals surface area contributed by atoms with E-state index in [1.54, 1.807) is 12.1 Å². The van der Waals surface area contributed by atoms with Gasteiger partial charge < -0.3 is 10.8 Å². The van der Waals surface area contributed by atoms with Crippen LogP contribution in [0.15, 0.2) is 40.2 Å². The van der Waals surface area contributed by atoms with E-state index >= 15 is 0 Å². The van der Waals surface area contributed by atoms with Crippen molar-refractivity contribution in [3.63, 3.8) is 0 Å². The van der Waals surface area contributed by atoms with Gasteiger partial charge in [0.15, 0.2) is 0 Å². The zero-order valence-electron chi connectivity index (χ0n) is 15.4. The predicted molar refractivity (Wildman–Crippen MR) is 106 cm³/mol. The molecule has 6 nitrogen and oxygen atoms in total. The third-order valence-corrected chi connectivity index (χ3v) is 7.57. The molecule has 0 aliphatic carbocycles. The van der Waals surface area contributed by atoms with Crippen LogP contribution in [-0.4, -0.2) is 48.8 Å². The van der Waals surface area contributed by atoms with Gasteiger partial charge >= 0.3 is 0 Å². The summed E-state index contributed by atoms with van der Waals surface area (Å²) in [5.41, 5.74) is 7.48. The van der Waals surface area contributed by atoms with Gasteiger partial charge in [-0.3, -0.25) is 4.99 Å². The molecule has 2 aromatic rings. The number of aliphatic hydroxyl groups excluding tert-OH is 1. The minimum Gasteiger partial charge on any atom is -0.395 e. The second-order valence-electron chi connectivity index (χ2n) is 7.25. The molecular weight excluding hydrogens is 443 g/mol. The van der Waals surface area contributed by atoms with Gasteiger partial charge in [0.25, 0.3) is 5.92 Å². The van der Waals surface area contributed by atoms with Gasteiger partial charge in [-0.1, -0.05) is 29.8 Å². The fourth-order valence-electron chi connectivity index (χ4n) is 3.80. The van der Waals surface area contributed by atoms with E-state index < -0.39 is 52.3 Å². The van der Waals surface area contributed by atoms with E-state index in [4.69, 9.17) is 17.3 Å². The van der Waals surface area contributed by atoms with E-state index in [2.05, 4.69) is 4.99 Å². The molecule has 2 aliphatic rings. The maximum absolute atomic E-state index is 14.9. The number of rotatable bonds is 4. The van der Waals surface area contributed by atoms with E-state index in [9.17, 15) is 26.7 Å². The minimum absolute atomic E-state index is 0.0342. The number of nitrogens with zero attached hydrogens (tertiary/aromatic N) is 2. The summed E-state index contributed by atoms with van der Waals surface area (Å²) in [6.07, 6.45) is -0.795. The highest BCUT2D eigenvalue weighted by Crippen LogP contribution is 2.39. The molecule has 4 rings (SSSR count). The standard InChI is InChI=1S/C19H17ClF3N3O3S/c20-17-14(3-1-10-7-25-18(24)16(10)17)13-4-2-12(5-15(13)21)30(28,29)26-9-19(22,23)6-11(26)8-27/h1-5,11,27H,6-9H2,(H2,24,25)/t11-/m0/s1. The fourth-order valence-corrected chi connectivity index (χ4v) is 5.84. The molecule has 0 saturated carbocycles. The summed E-state index contributed by atoms with van der Waals surface area (Å²) in [7, 11) is -4.44. The first-order chi connectivity index (χ1) is 14.0. The van der Waals surface area contributed by atoms with Crippen molar-refractivity contribution in [2.24, 2.45) is 10.7 Å². The van der Waals surface area contributed by atoms with Crippen LogP contribution in [0.4, 0.5) is 13.2 Å². The Hall–Kier alpha value is -2.14. The number of hydrogen-bond donors (Lipinski definition) is 2. The Labute approximate surface area is 175 Å². The van der Waals surface area contributed by atoms with E-state index in [-0.39, 0.29) is 16.4 Å². The lowest BCUT2D eigenvalue weighted by Gasteiger charge is -2.22. The molecule has 11 heteroatoms. The van der Waals surface area contributed by atoms with E-state index in [0.717, 1.165) is 17.7 Å². The van der Waals surface area contributed by atoms with Crippen molar-refractivity contribution >= 4 is 27.5 Å². The summed E-state index contributed by atoms with van der Waals surface area (Å²) in [4.78, 5) is 3.60. The molecule has 2 aromatic carbocycles. The number of fused-ring (bicyclic) bond motifs is 1.